The van der Waals surface area contributed by atoms with Gasteiger partial charge in [-0.1, -0.05) is 41.9 Å². The van der Waals surface area contributed by atoms with Crippen molar-refractivity contribution in [3.05, 3.63) is 94.6 Å². The van der Waals surface area contributed by atoms with Gasteiger partial charge in [0, 0.05) is 22.5 Å². The number of nitrogens with zero attached hydrogens (tertiary/aromatic N) is 2. The molecule has 29 heavy (non-hydrogen) atoms. The van der Waals surface area contributed by atoms with Crippen molar-refractivity contribution >= 4 is 28.4 Å². The number of fused-ring (bicyclic) bond motifs is 1. The molecule has 6 heteroatoms. The molecule has 146 valence electrons. The molecule has 0 aliphatic rings. The fourth-order valence-electron chi connectivity index (χ4n) is 3.13. The molecule has 0 saturated carbocycles. The minimum atomic E-state index is -0.126. The largest absolute Gasteiger partial charge is 0.497 e. The summed E-state index contributed by atoms with van der Waals surface area (Å²) in [5.41, 5.74) is 3.62. The number of carbonyl (C=O) groups is 1. The zero-order valence-electron chi connectivity index (χ0n) is 15.9. The zero-order chi connectivity index (χ0) is 20.2. The summed E-state index contributed by atoms with van der Waals surface area (Å²) < 4.78 is 7.10. The van der Waals surface area contributed by atoms with Crippen molar-refractivity contribution in [2.75, 3.05) is 7.11 Å². The molecule has 0 atom stereocenters. The number of carbonyl (C=O) groups excluding carboxylic acids is 1. The Morgan fingerprint density at radius 1 is 1.03 bits per heavy atom. The van der Waals surface area contributed by atoms with Crippen molar-refractivity contribution in [2.24, 2.45) is 0 Å². The molecule has 3 aromatic carbocycles. The van der Waals surface area contributed by atoms with Gasteiger partial charge in [-0.2, -0.15) is 5.10 Å². The first-order chi connectivity index (χ1) is 14.1. The number of methoxy groups -OCH3 is 1. The topological polar surface area (TPSA) is 56.2 Å². The van der Waals surface area contributed by atoms with E-state index in [1.54, 1.807) is 7.11 Å². The summed E-state index contributed by atoms with van der Waals surface area (Å²) in [7, 11) is 1.65. The molecule has 1 aromatic heterocycles. The van der Waals surface area contributed by atoms with Crippen LogP contribution in [0.25, 0.3) is 10.9 Å². The van der Waals surface area contributed by atoms with E-state index in [9.17, 15) is 4.79 Å². The number of hydrogen-bond donors (Lipinski definition) is 1. The van der Waals surface area contributed by atoms with E-state index >= 15 is 0 Å². The number of ether oxygens (including phenoxy) is 1. The van der Waals surface area contributed by atoms with Crippen molar-refractivity contribution in [3.8, 4) is 5.75 Å². The summed E-state index contributed by atoms with van der Waals surface area (Å²) in [6, 6.07) is 20.9. The molecule has 4 aromatic rings. The molecule has 0 saturated heterocycles. The number of amides is 1. The van der Waals surface area contributed by atoms with Crippen molar-refractivity contribution < 1.29 is 9.53 Å². The average Bonchev–Trinajstić information content (AvgIpc) is 3.15. The van der Waals surface area contributed by atoms with Crippen LogP contribution in [0.15, 0.2) is 72.9 Å². The van der Waals surface area contributed by atoms with E-state index in [-0.39, 0.29) is 5.91 Å². The molecule has 1 amide bonds. The van der Waals surface area contributed by atoms with E-state index in [2.05, 4.69) is 10.4 Å². The van der Waals surface area contributed by atoms with Crippen molar-refractivity contribution in [2.45, 2.75) is 13.1 Å². The van der Waals surface area contributed by atoms with Gasteiger partial charge in [0.15, 0.2) is 0 Å². The highest BCUT2D eigenvalue weighted by molar-refractivity contribution is 6.30. The monoisotopic (exact) mass is 405 g/mol. The Kier molecular flexibility index (Phi) is 5.49. The van der Waals surface area contributed by atoms with Crippen LogP contribution < -0.4 is 10.1 Å². The van der Waals surface area contributed by atoms with E-state index < -0.39 is 0 Å². The molecule has 0 unspecified atom stereocenters. The molecule has 0 spiro atoms. The Balaban J connectivity index is 1.50. The van der Waals surface area contributed by atoms with Crippen LogP contribution in [0.1, 0.15) is 21.5 Å². The van der Waals surface area contributed by atoms with E-state index in [0.717, 1.165) is 27.8 Å². The lowest BCUT2D eigenvalue weighted by atomic mass is 10.1. The molecule has 5 nitrogen and oxygen atoms in total. The summed E-state index contributed by atoms with van der Waals surface area (Å²) in [4.78, 5) is 12.6. The van der Waals surface area contributed by atoms with Crippen molar-refractivity contribution in [3.63, 3.8) is 0 Å². The van der Waals surface area contributed by atoms with Crippen LogP contribution in [0.4, 0.5) is 0 Å². The normalized spacial score (nSPS) is 10.8. The Morgan fingerprint density at radius 2 is 1.76 bits per heavy atom. The third-order valence-corrected chi connectivity index (χ3v) is 5.02. The molecule has 0 bridgehead atoms. The van der Waals surface area contributed by atoms with Crippen LogP contribution in [0.5, 0.6) is 5.75 Å². The Hall–Kier alpha value is -3.31. The zero-order valence-corrected chi connectivity index (χ0v) is 16.7. The van der Waals surface area contributed by atoms with Gasteiger partial charge in [-0.15, -0.1) is 0 Å². The second-order valence-electron chi connectivity index (χ2n) is 6.73. The number of nitrogens with one attached hydrogen (secondary N) is 1. The number of rotatable bonds is 6. The van der Waals surface area contributed by atoms with Gasteiger partial charge in [0.1, 0.15) is 5.75 Å². The predicted octanol–water partition coefficient (Wildman–Crippen LogP) is 4.68. The number of aromatic nitrogens is 2. The van der Waals surface area contributed by atoms with Gasteiger partial charge < -0.3 is 10.1 Å². The van der Waals surface area contributed by atoms with E-state index in [1.165, 1.54) is 0 Å². The highest BCUT2D eigenvalue weighted by atomic mass is 35.5. The Labute approximate surface area is 173 Å². The number of hydrogen-bond acceptors (Lipinski definition) is 3. The highest BCUT2D eigenvalue weighted by Crippen LogP contribution is 2.19. The summed E-state index contributed by atoms with van der Waals surface area (Å²) >= 11 is 5.90. The first-order valence-electron chi connectivity index (χ1n) is 9.23. The molecule has 0 fully saturated rings. The minimum Gasteiger partial charge on any atom is -0.497 e. The van der Waals surface area contributed by atoms with Gasteiger partial charge in [0.05, 0.1) is 25.4 Å². The second-order valence-corrected chi connectivity index (χ2v) is 7.17. The van der Waals surface area contributed by atoms with E-state index in [4.69, 9.17) is 16.3 Å². The lowest BCUT2D eigenvalue weighted by molar-refractivity contribution is 0.0951. The maximum Gasteiger partial charge on any atom is 0.251 e. The van der Waals surface area contributed by atoms with Crippen LogP contribution in [-0.4, -0.2) is 22.8 Å². The van der Waals surface area contributed by atoms with Gasteiger partial charge in [0.2, 0.25) is 0 Å². The summed E-state index contributed by atoms with van der Waals surface area (Å²) in [6.07, 6.45) is 1.81. The fraction of sp³-hybridized carbons (Fsp3) is 0.130. The second kappa shape index (κ2) is 8.37. The minimum absolute atomic E-state index is 0.126. The van der Waals surface area contributed by atoms with Crippen LogP contribution in [0, 0.1) is 0 Å². The van der Waals surface area contributed by atoms with Crippen LogP contribution in [0.3, 0.4) is 0 Å². The summed E-state index contributed by atoms with van der Waals surface area (Å²) in [5.74, 6) is 0.692. The van der Waals surface area contributed by atoms with Gasteiger partial charge in [-0.05, 0) is 47.5 Å². The predicted molar refractivity (Wildman–Crippen MR) is 114 cm³/mol. The molecule has 1 heterocycles. The average molecular weight is 406 g/mol. The van der Waals surface area contributed by atoms with E-state index in [0.29, 0.717) is 23.7 Å². The molecule has 0 aliphatic carbocycles. The summed E-state index contributed by atoms with van der Waals surface area (Å²) in [5, 5.41) is 9.09. The maximum absolute atomic E-state index is 12.6. The standard InChI is InChI=1S/C23H20ClN3O2/c1-29-21-10-4-17(5-11-21)15-27-22-12-18(6-7-19(22)14-26-27)23(28)25-13-16-2-8-20(24)9-3-16/h2-12,14H,13,15H2,1H3,(H,25,28). The number of benzene rings is 3. The molecular weight excluding hydrogens is 386 g/mol. The third-order valence-electron chi connectivity index (χ3n) is 4.76. The van der Waals surface area contributed by atoms with Crippen LogP contribution >= 0.6 is 11.6 Å². The fourth-order valence-corrected chi connectivity index (χ4v) is 3.25. The number of halogens is 1. The SMILES string of the molecule is COc1ccc(Cn2ncc3ccc(C(=O)NCc4ccc(Cl)cc4)cc32)cc1. The maximum atomic E-state index is 12.6. The quantitative estimate of drug-likeness (QED) is 0.507. The van der Waals surface area contributed by atoms with Crippen LogP contribution in [-0.2, 0) is 13.1 Å². The molecular formula is C23H20ClN3O2. The Morgan fingerprint density at radius 3 is 2.48 bits per heavy atom. The van der Waals surface area contributed by atoms with Crippen molar-refractivity contribution in [1.82, 2.24) is 15.1 Å². The molecule has 0 radical (unpaired) electrons. The first kappa shape index (κ1) is 19.0. The van der Waals surface area contributed by atoms with Gasteiger partial charge in [-0.25, -0.2) is 0 Å². The first-order valence-corrected chi connectivity index (χ1v) is 9.61. The van der Waals surface area contributed by atoms with E-state index in [1.807, 2.05) is 77.6 Å². The van der Waals surface area contributed by atoms with Gasteiger partial charge >= 0.3 is 0 Å². The highest BCUT2D eigenvalue weighted by Gasteiger charge is 2.10. The summed E-state index contributed by atoms with van der Waals surface area (Å²) in [6.45, 7) is 1.06. The lowest BCUT2D eigenvalue weighted by Gasteiger charge is -2.08. The molecule has 0 aliphatic heterocycles. The third kappa shape index (κ3) is 4.41. The Bertz CT molecular complexity index is 1140. The van der Waals surface area contributed by atoms with Gasteiger partial charge in [0.25, 0.3) is 5.91 Å². The van der Waals surface area contributed by atoms with Gasteiger partial charge in [-0.3, -0.25) is 9.48 Å². The van der Waals surface area contributed by atoms with Crippen LogP contribution in [0.2, 0.25) is 5.02 Å². The smallest absolute Gasteiger partial charge is 0.251 e. The lowest BCUT2D eigenvalue weighted by Crippen LogP contribution is -2.22. The molecule has 1 N–H and O–H groups in total. The molecule has 4 rings (SSSR count). The van der Waals surface area contributed by atoms with Crippen molar-refractivity contribution in [1.29, 1.82) is 0 Å².